The third-order valence-corrected chi connectivity index (χ3v) is 7.27. The van der Waals surface area contributed by atoms with E-state index in [1.165, 1.54) is 23.4 Å². The molecular weight excluding hydrogens is 486 g/mol. The molecule has 0 bridgehead atoms. The van der Waals surface area contributed by atoms with Gasteiger partial charge in [0, 0.05) is 30.5 Å². The van der Waals surface area contributed by atoms with Crippen LogP contribution in [-0.2, 0) is 27.9 Å². The number of halogens is 1. The Morgan fingerprint density at radius 3 is 2.34 bits per heavy atom. The molecule has 0 saturated carbocycles. The molecule has 4 aromatic rings. The number of hydrogen-bond donors (Lipinski definition) is 0. The lowest BCUT2D eigenvalue weighted by molar-refractivity contribution is -0.118. The maximum atomic E-state index is 13.6. The first kappa shape index (κ1) is 24.7. The fourth-order valence-corrected chi connectivity index (χ4v) is 5.03. The highest BCUT2D eigenvalue weighted by Gasteiger charge is 2.25. The van der Waals surface area contributed by atoms with Crippen molar-refractivity contribution < 1.29 is 17.9 Å². The number of Topliss-reactive ketones (excluding diaryl/α,β-unsaturated/α-hetero) is 1. The van der Waals surface area contributed by atoms with Crippen molar-refractivity contribution in [3.05, 3.63) is 107 Å². The second-order valence-corrected chi connectivity index (χ2v) is 10.4. The number of carbonyl (C=O) groups is 1. The highest BCUT2D eigenvalue weighted by Crippen LogP contribution is 2.24. The zero-order valence-electron chi connectivity index (χ0n) is 19.0. The molecule has 0 N–H and O–H groups in total. The van der Waals surface area contributed by atoms with E-state index in [-0.39, 0.29) is 30.4 Å². The van der Waals surface area contributed by atoms with Gasteiger partial charge in [0.25, 0.3) is 0 Å². The molecule has 1 heterocycles. The van der Waals surface area contributed by atoms with Crippen LogP contribution in [0.5, 0.6) is 5.75 Å². The summed E-state index contributed by atoms with van der Waals surface area (Å²) >= 11 is 5.97. The average Bonchev–Trinajstić information content (AvgIpc) is 3.38. The Kier molecular flexibility index (Phi) is 7.65. The number of nitrogens with zero attached hydrogens (tertiary/aromatic N) is 3. The molecule has 0 amide bonds. The minimum Gasteiger partial charge on any atom is -0.486 e. The van der Waals surface area contributed by atoms with Crippen LogP contribution in [0, 0.1) is 0 Å². The standard InChI is InChI=1S/C26H24ClN3O4S/c1-20(31)19-34-25-5-2-4-22(16-25)18-29(35(32,33)26-12-8-23(27)9-13-26)17-21-6-10-24(11-7-21)30-15-3-14-28-30/h2-16H,17-19H2,1H3. The van der Waals surface area contributed by atoms with Crippen LogP contribution in [-0.4, -0.2) is 34.9 Å². The Labute approximate surface area is 209 Å². The number of ether oxygens (including phenoxy) is 1. The first-order valence-corrected chi connectivity index (χ1v) is 12.7. The molecule has 0 saturated heterocycles. The zero-order valence-corrected chi connectivity index (χ0v) is 20.6. The number of aromatic nitrogens is 2. The molecule has 1 aromatic heterocycles. The SMILES string of the molecule is CC(=O)COc1cccc(CN(Cc2ccc(-n3cccn3)cc2)S(=O)(=O)c2ccc(Cl)cc2)c1. The van der Waals surface area contributed by atoms with Crippen molar-refractivity contribution in [1.82, 2.24) is 14.1 Å². The summed E-state index contributed by atoms with van der Waals surface area (Å²) in [4.78, 5) is 11.4. The molecule has 35 heavy (non-hydrogen) atoms. The van der Waals surface area contributed by atoms with Crippen molar-refractivity contribution in [2.45, 2.75) is 24.9 Å². The quantitative estimate of drug-likeness (QED) is 0.304. The van der Waals surface area contributed by atoms with Gasteiger partial charge in [-0.2, -0.15) is 9.40 Å². The van der Waals surface area contributed by atoms with Gasteiger partial charge in [0.1, 0.15) is 12.4 Å². The summed E-state index contributed by atoms with van der Waals surface area (Å²) < 4.78 is 35.8. The van der Waals surface area contributed by atoms with E-state index in [0.717, 1.165) is 16.8 Å². The van der Waals surface area contributed by atoms with Gasteiger partial charge in [0.15, 0.2) is 5.78 Å². The van der Waals surface area contributed by atoms with Gasteiger partial charge in [0.05, 0.1) is 10.6 Å². The fourth-order valence-electron chi connectivity index (χ4n) is 3.48. The smallest absolute Gasteiger partial charge is 0.243 e. The van der Waals surface area contributed by atoms with Crippen molar-refractivity contribution in [1.29, 1.82) is 0 Å². The summed E-state index contributed by atoms with van der Waals surface area (Å²) in [6.45, 7) is 1.67. The van der Waals surface area contributed by atoms with Crippen LogP contribution in [0.2, 0.25) is 5.02 Å². The minimum absolute atomic E-state index is 0.0428. The van der Waals surface area contributed by atoms with Gasteiger partial charge in [-0.3, -0.25) is 4.79 Å². The van der Waals surface area contributed by atoms with E-state index < -0.39 is 10.0 Å². The summed E-state index contributed by atoms with van der Waals surface area (Å²) in [6.07, 6.45) is 3.54. The highest BCUT2D eigenvalue weighted by atomic mass is 35.5. The van der Waals surface area contributed by atoms with Gasteiger partial charge in [-0.05, 0) is 72.6 Å². The molecule has 0 aliphatic heterocycles. The number of hydrogen-bond acceptors (Lipinski definition) is 5. The summed E-state index contributed by atoms with van der Waals surface area (Å²) in [6, 6.07) is 22.6. The van der Waals surface area contributed by atoms with E-state index in [0.29, 0.717) is 10.8 Å². The molecule has 0 unspecified atom stereocenters. The Morgan fingerprint density at radius 2 is 1.69 bits per heavy atom. The predicted molar refractivity (Wildman–Crippen MR) is 134 cm³/mol. The van der Waals surface area contributed by atoms with E-state index in [4.69, 9.17) is 16.3 Å². The minimum atomic E-state index is -3.84. The van der Waals surface area contributed by atoms with Crippen molar-refractivity contribution >= 4 is 27.4 Å². The topological polar surface area (TPSA) is 81.5 Å². The molecule has 180 valence electrons. The lowest BCUT2D eigenvalue weighted by atomic mass is 10.2. The summed E-state index contributed by atoms with van der Waals surface area (Å²) in [5.41, 5.74) is 2.43. The maximum absolute atomic E-state index is 13.6. The predicted octanol–water partition coefficient (Wildman–Crippen LogP) is 4.88. The second-order valence-electron chi connectivity index (χ2n) is 7.98. The van der Waals surface area contributed by atoms with Crippen LogP contribution in [0.4, 0.5) is 0 Å². The summed E-state index contributed by atoms with van der Waals surface area (Å²) in [5.74, 6) is 0.408. The van der Waals surface area contributed by atoms with Gasteiger partial charge in [-0.25, -0.2) is 13.1 Å². The lowest BCUT2D eigenvalue weighted by Crippen LogP contribution is -2.30. The molecule has 9 heteroatoms. The lowest BCUT2D eigenvalue weighted by Gasteiger charge is -2.23. The molecule has 0 atom stereocenters. The molecule has 7 nitrogen and oxygen atoms in total. The summed E-state index contributed by atoms with van der Waals surface area (Å²) in [7, 11) is -3.84. The van der Waals surface area contributed by atoms with E-state index >= 15 is 0 Å². The van der Waals surface area contributed by atoms with Crippen LogP contribution in [0.1, 0.15) is 18.1 Å². The number of carbonyl (C=O) groups excluding carboxylic acids is 1. The van der Waals surface area contributed by atoms with E-state index in [1.54, 1.807) is 41.2 Å². The fraction of sp³-hybridized carbons (Fsp3) is 0.154. The Bertz CT molecular complexity index is 1390. The Hall–Kier alpha value is -3.46. The van der Waals surface area contributed by atoms with E-state index in [2.05, 4.69) is 5.10 Å². The normalized spacial score (nSPS) is 11.5. The first-order valence-electron chi connectivity index (χ1n) is 10.9. The van der Waals surface area contributed by atoms with Crippen molar-refractivity contribution in [2.24, 2.45) is 0 Å². The number of sulfonamides is 1. The van der Waals surface area contributed by atoms with Crippen LogP contribution in [0.25, 0.3) is 5.69 Å². The molecule has 4 rings (SSSR count). The Balaban J connectivity index is 1.62. The number of benzene rings is 3. The largest absolute Gasteiger partial charge is 0.486 e. The third kappa shape index (κ3) is 6.36. The molecule has 0 aliphatic rings. The number of rotatable bonds is 10. The first-order chi connectivity index (χ1) is 16.8. The molecule has 3 aromatic carbocycles. The van der Waals surface area contributed by atoms with E-state index in [1.807, 2.05) is 42.6 Å². The third-order valence-electron chi connectivity index (χ3n) is 5.22. The molecule has 0 spiro atoms. The van der Waals surface area contributed by atoms with Crippen molar-refractivity contribution in [3.8, 4) is 11.4 Å². The molecular formula is C26H24ClN3O4S. The second kappa shape index (κ2) is 10.9. The molecule has 0 fully saturated rings. The van der Waals surface area contributed by atoms with Gasteiger partial charge in [-0.1, -0.05) is 35.9 Å². The Morgan fingerprint density at radius 1 is 0.971 bits per heavy atom. The van der Waals surface area contributed by atoms with Gasteiger partial charge >= 0.3 is 0 Å². The highest BCUT2D eigenvalue weighted by molar-refractivity contribution is 7.89. The van der Waals surface area contributed by atoms with Crippen molar-refractivity contribution in [2.75, 3.05) is 6.61 Å². The van der Waals surface area contributed by atoms with Crippen LogP contribution < -0.4 is 4.74 Å². The van der Waals surface area contributed by atoms with Gasteiger partial charge in [0.2, 0.25) is 10.0 Å². The van der Waals surface area contributed by atoms with E-state index in [9.17, 15) is 13.2 Å². The van der Waals surface area contributed by atoms with Crippen LogP contribution in [0.15, 0.2) is 96.2 Å². The van der Waals surface area contributed by atoms with Gasteiger partial charge in [-0.15, -0.1) is 0 Å². The summed E-state index contributed by atoms with van der Waals surface area (Å²) in [5, 5.41) is 4.68. The monoisotopic (exact) mass is 509 g/mol. The number of ketones is 1. The average molecular weight is 510 g/mol. The zero-order chi connectivity index (χ0) is 24.8. The maximum Gasteiger partial charge on any atom is 0.243 e. The van der Waals surface area contributed by atoms with Gasteiger partial charge < -0.3 is 4.74 Å². The molecule has 0 aliphatic carbocycles. The van der Waals surface area contributed by atoms with Crippen LogP contribution in [0.3, 0.4) is 0 Å². The van der Waals surface area contributed by atoms with Crippen LogP contribution >= 0.6 is 11.6 Å². The molecule has 0 radical (unpaired) electrons. The van der Waals surface area contributed by atoms with Crippen molar-refractivity contribution in [3.63, 3.8) is 0 Å².